The Morgan fingerprint density at radius 2 is 2.14 bits per heavy atom. The van der Waals surface area contributed by atoms with Gasteiger partial charge in [0.05, 0.1) is 0 Å². The van der Waals surface area contributed by atoms with Gasteiger partial charge in [-0.1, -0.05) is 6.92 Å². The standard InChI is InChI=1S/C14H27N3O3S/c1-4-11-10-16(2)7-5-8-17(11)14(20)15-12(13(18)19)6-9-21-3/h11-12H,4-10H2,1-3H3,(H,15,20)(H,18,19). The normalized spacial score (nSPS) is 21.7. The van der Waals surface area contributed by atoms with Crippen LogP contribution in [0.1, 0.15) is 26.2 Å². The lowest BCUT2D eigenvalue weighted by atomic mass is 10.2. The topological polar surface area (TPSA) is 72.9 Å². The van der Waals surface area contributed by atoms with E-state index in [1.807, 2.05) is 6.26 Å². The number of aliphatic carboxylic acids is 1. The third-order valence-electron chi connectivity index (χ3n) is 3.84. The van der Waals surface area contributed by atoms with Crippen LogP contribution >= 0.6 is 11.8 Å². The molecule has 7 heteroatoms. The molecule has 1 saturated heterocycles. The first-order valence-corrected chi connectivity index (χ1v) is 8.86. The summed E-state index contributed by atoms with van der Waals surface area (Å²) in [7, 11) is 2.06. The third kappa shape index (κ3) is 5.74. The fourth-order valence-corrected chi connectivity index (χ4v) is 3.06. The summed E-state index contributed by atoms with van der Waals surface area (Å²) in [4.78, 5) is 27.7. The van der Waals surface area contributed by atoms with Crippen LogP contribution in [-0.2, 0) is 4.79 Å². The van der Waals surface area contributed by atoms with E-state index in [9.17, 15) is 14.7 Å². The summed E-state index contributed by atoms with van der Waals surface area (Å²) >= 11 is 1.58. The predicted octanol–water partition coefficient (Wildman–Crippen LogP) is 1.32. The second-order valence-corrected chi connectivity index (χ2v) is 6.48. The van der Waals surface area contributed by atoms with Crippen molar-refractivity contribution in [3.63, 3.8) is 0 Å². The lowest BCUT2D eigenvalue weighted by molar-refractivity contribution is -0.139. The molecule has 1 rings (SSSR count). The molecular weight excluding hydrogens is 290 g/mol. The highest BCUT2D eigenvalue weighted by atomic mass is 32.2. The first-order chi connectivity index (χ1) is 9.99. The zero-order chi connectivity index (χ0) is 15.8. The number of hydrogen-bond acceptors (Lipinski definition) is 4. The average Bonchev–Trinajstić information content (AvgIpc) is 2.64. The Bertz CT molecular complexity index is 354. The second kappa shape index (κ2) is 9.15. The van der Waals surface area contributed by atoms with Crippen molar-refractivity contribution in [3.05, 3.63) is 0 Å². The van der Waals surface area contributed by atoms with E-state index in [-0.39, 0.29) is 12.1 Å². The number of rotatable bonds is 6. The molecular formula is C14H27N3O3S. The maximum atomic E-state index is 12.4. The summed E-state index contributed by atoms with van der Waals surface area (Å²) in [6.45, 7) is 4.55. The molecule has 1 aliphatic rings. The van der Waals surface area contributed by atoms with Gasteiger partial charge in [-0.15, -0.1) is 0 Å². The smallest absolute Gasteiger partial charge is 0.326 e. The molecule has 0 spiro atoms. The first-order valence-electron chi connectivity index (χ1n) is 7.47. The monoisotopic (exact) mass is 317 g/mol. The molecule has 1 fully saturated rings. The number of carboxylic acid groups (broad SMARTS) is 1. The second-order valence-electron chi connectivity index (χ2n) is 5.49. The Morgan fingerprint density at radius 3 is 2.71 bits per heavy atom. The van der Waals surface area contributed by atoms with Gasteiger partial charge in [0, 0.05) is 19.1 Å². The molecule has 1 heterocycles. The Balaban J connectivity index is 2.67. The van der Waals surface area contributed by atoms with Gasteiger partial charge in [0.25, 0.3) is 0 Å². The van der Waals surface area contributed by atoms with E-state index in [2.05, 4.69) is 24.2 Å². The SMILES string of the molecule is CCC1CN(C)CCCN1C(=O)NC(CCSC)C(=O)O. The van der Waals surface area contributed by atoms with E-state index in [0.717, 1.165) is 31.7 Å². The number of amides is 2. The Hall–Kier alpha value is -0.950. The molecule has 2 amide bonds. The fourth-order valence-electron chi connectivity index (χ4n) is 2.59. The van der Waals surface area contributed by atoms with E-state index in [1.54, 1.807) is 16.7 Å². The lowest BCUT2D eigenvalue weighted by Gasteiger charge is -2.31. The number of carbonyl (C=O) groups is 2. The minimum Gasteiger partial charge on any atom is -0.480 e. The van der Waals surface area contributed by atoms with Crippen LogP contribution in [0.2, 0.25) is 0 Å². The van der Waals surface area contributed by atoms with Crippen molar-refractivity contribution in [2.24, 2.45) is 0 Å². The largest absolute Gasteiger partial charge is 0.480 e. The highest BCUT2D eigenvalue weighted by Gasteiger charge is 2.29. The molecule has 0 aromatic rings. The van der Waals surface area contributed by atoms with Crippen LogP contribution in [0.25, 0.3) is 0 Å². The van der Waals surface area contributed by atoms with Gasteiger partial charge in [-0.2, -0.15) is 11.8 Å². The summed E-state index contributed by atoms with van der Waals surface area (Å²) < 4.78 is 0. The lowest BCUT2D eigenvalue weighted by Crippen LogP contribution is -2.52. The molecule has 122 valence electrons. The number of carbonyl (C=O) groups excluding carboxylic acids is 1. The number of urea groups is 1. The molecule has 0 radical (unpaired) electrons. The maximum absolute atomic E-state index is 12.4. The van der Waals surface area contributed by atoms with Crippen molar-refractivity contribution in [3.8, 4) is 0 Å². The Morgan fingerprint density at radius 1 is 1.43 bits per heavy atom. The van der Waals surface area contributed by atoms with Crippen molar-refractivity contribution in [1.29, 1.82) is 0 Å². The Labute approximate surface area is 131 Å². The van der Waals surface area contributed by atoms with Crippen molar-refractivity contribution < 1.29 is 14.7 Å². The molecule has 2 unspecified atom stereocenters. The Kier molecular flexibility index (Phi) is 7.88. The summed E-state index contributed by atoms with van der Waals surface area (Å²) in [5.74, 6) is -0.241. The van der Waals surface area contributed by atoms with E-state index in [0.29, 0.717) is 13.0 Å². The minimum absolute atomic E-state index is 0.146. The van der Waals surface area contributed by atoms with Crippen LogP contribution in [0.5, 0.6) is 0 Å². The third-order valence-corrected chi connectivity index (χ3v) is 4.48. The van der Waals surface area contributed by atoms with Crippen molar-refractivity contribution in [2.45, 2.75) is 38.3 Å². The molecule has 0 aromatic carbocycles. The van der Waals surface area contributed by atoms with Crippen LogP contribution in [0, 0.1) is 0 Å². The van der Waals surface area contributed by atoms with Crippen LogP contribution in [0.3, 0.4) is 0 Å². The first kappa shape index (κ1) is 18.1. The van der Waals surface area contributed by atoms with Gasteiger partial charge in [-0.05, 0) is 44.9 Å². The van der Waals surface area contributed by atoms with Crippen LogP contribution in [0.4, 0.5) is 4.79 Å². The van der Waals surface area contributed by atoms with Gasteiger partial charge in [0.1, 0.15) is 6.04 Å². The zero-order valence-electron chi connectivity index (χ0n) is 13.2. The van der Waals surface area contributed by atoms with Crippen molar-refractivity contribution in [1.82, 2.24) is 15.1 Å². The summed E-state index contributed by atoms with van der Waals surface area (Å²) in [5, 5.41) is 11.9. The van der Waals surface area contributed by atoms with Gasteiger partial charge in [0.15, 0.2) is 0 Å². The van der Waals surface area contributed by atoms with E-state index >= 15 is 0 Å². The van der Waals surface area contributed by atoms with Gasteiger partial charge >= 0.3 is 12.0 Å². The van der Waals surface area contributed by atoms with Gasteiger partial charge in [-0.25, -0.2) is 9.59 Å². The molecule has 21 heavy (non-hydrogen) atoms. The summed E-state index contributed by atoms with van der Waals surface area (Å²) in [6.07, 6.45) is 4.18. The van der Waals surface area contributed by atoms with Crippen LogP contribution < -0.4 is 5.32 Å². The van der Waals surface area contributed by atoms with Gasteiger partial charge in [-0.3, -0.25) is 0 Å². The van der Waals surface area contributed by atoms with E-state index in [1.165, 1.54) is 0 Å². The van der Waals surface area contributed by atoms with Crippen molar-refractivity contribution >= 4 is 23.8 Å². The highest BCUT2D eigenvalue weighted by molar-refractivity contribution is 7.98. The van der Waals surface area contributed by atoms with E-state index in [4.69, 9.17) is 0 Å². The van der Waals surface area contributed by atoms with E-state index < -0.39 is 12.0 Å². The predicted molar refractivity (Wildman–Crippen MR) is 85.9 cm³/mol. The number of nitrogens with one attached hydrogen (secondary N) is 1. The zero-order valence-corrected chi connectivity index (χ0v) is 14.0. The summed E-state index contributed by atoms with van der Waals surface area (Å²) in [5.41, 5.74) is 0. The summed E-state index contributed by atoms with van der Waals surface area (Å²) in [6, 6.07) is -0.901. The maximum Gasteiger partial charge on any atom is 0.326 e. The molecule has 0 aliphatic carbocycles. The molecule has 1 aliphatic heterocycles. The number of carboxylic acids is 1. The number of likely N-dealkylation sites (N-methyl/N-ethyl adjacent to an activating group) is 1. The minimum atomic E-state index is -0.961. The fraction of sp³-hybridized carbons (Fsp3) is 0.857. The molecule has 0 saturated carbocycles. The number of thioether (sulfide) groups is 1. The highest BCUT2D eigenvalue weighted by Crippen LogP contribution is 2.13. The number of hydrogen-bond donors (Lipinski definition) is 2. The molecule has 0 bridgehead atoms. The van der Waals surface area contributed by atoms with Gasteiger partial charge in [0.2, 0.25) is 0 Å². The molecule has 2 N–H and O–H groups in total. The molecule has 6 nitrogen and oxygen atoms in total. The molecule has 0 aromatic heterocycles. The van der Waals surface area contributed by atoms with Crippen molar-refractivity contribution in [2.75, 3.05) is 38.7 Å². The van der Waals surface area contributed by atoms with Crippen LogP contribution in [-0.4, -0.2) is 77.7 Å². The average molecular weight is 317 g/mol. The van der Waals surface area contributed by atoms with Gasteiger partial charge < -0.3 is 20.2 Å². The van der Waals surface area contributed by atoms with Crippen LogP contribution in [0.15, 0.2) is 0 Å². The quantitative estimate of drug-likeness (QED) is 0.773. The molecule has 2 atom stereocenters. The number of nitrogens with zero attached hydrogens (tertiary/aromatic N) is 2.